The second-order valence-corrected chi connectivity index (χ2v) is 5.02. The minimum absolute atomic E-state index is 0.523. The van der Waals surface area contributed by atoms with Gasteiger partial charge in [-0.2, -0.15) is 0 Å². The van der Waals surface area contributed by atoms with Gasteiger partial charge in [0.1, 0.15) is 11.4 Å². The Bertz CT molecular complexity index is 336. The topological polar surface area (TPSA) is 55.5 Å². The number of nitrogens with two attached hydrogens (primary N) is 1. The third-order valence-corrected chi connectivity index (χ3v) is 3.01. The van der Waals surface area contributed by atoms with Gasteiger partial charge in [0.05, 0.1) is 5.60 Å². The van der Waals surface area contributed by atoms with E-state index in [1.807, 2.05) is 38.1 Å². The molecule has 0 heterocycles. The summed E-state index contributed by atoms with van der Waals surface area (Å²) < 4.78 is 5.77. The molecule has 1 rings (SSSR count). The number of hydrogen-bond donors (Lipinski definition) is 2. The third-order valence-electron chi connectivity index (χ3n) is 3.01. The van der Waals surface area contributed by atoms with E-state index in [2.05, 4.69) is 0 Å². The second kappa shape index (κ2) is 4.44. The highest BCUT2D eigenvalue weighted by atomic mass is 16.5. The Labute approximate surface area is 97.2 Å². The molecule has 0 unspecified atom stereocenters. The third kappa shape index (κ3) is 2.97. The maximum absolute atomic E-state index is 9.96. The van der Waals surface area contributed by atoms with Crippen LogP contribution in [-0.2, 0) is 6.54 Å². The first-order chi connectivity index (χ1) is 7.26. The lowest BCUT2D eigenvalue weighted by Crippen LogP contribution is -2.49. The fourth-order valence-corrected chi connectivity index (χ4v) is 1.11. The zero-order valence-electron chi connectivity index (χ0n) is 10.4. The van der Waals surface area contributed by atoms with E-state index in [0.717, 1.165) is 11.3 Å². The van der Waals surface area contributed by atoms with Crippen LogP contribution in [0.25, 0.3) is 0 Å². The molecule has 0 amide bonds. The van der Waals surface area contributed by atoms with E-state index >= 15 is 0 Å². The van der Waals surface area contributed by atoms with E-state index in [1.54, 1.807) is 13.8 Å². The fraction of sp³-hybridized carbons (Fsp3) is 0.538. The molecule has 0 saturated carbocycles. The Morgan fingerprint density at radius 2 is 1.62 bits per heavy atom. The van der Waals surface area contributed by atoms with Crippen LogP contribution in [-0.4, -0.2) is 16.3 Å². The van der Waals surface area contributed by atoms with Gasteiger partial charge in [0.15, 0.2) is 0 Å². The van der Waals surface area contributed by atoms with E-state index in [1.165, 1.54) is 0 Å². The van der Waals surface area contributed by atoms with Crippen LogP contribution >= 0.6 is 0 Å². The van der Waals surface area contributed by atoms with Crippen molar-refractivity contribution in [1.29, 1.82) is 0 Å². The molecule has 0 fully saturated rings. The summed E-state index contributed by atoms with van der Waals surface area (Å²) in [7, 11) is 0. The van der Waals surface area contributed by atoms with Crippen LogP contribution < -0.4 is 10.5 Å². The molecular weight excluding hydrogens is 202 g/mol. The lowest BCUT2D eigenvalue weighted by Gasteiger charge is -2.37. The lowest BCUT2D eigenvalue weighted by molar-refractivity contribution is -0.0906. The first-order valence-corrected chi connectivity index (χ1v) is 5.47. The first kappa shape index (κ1) is 13.0. The van der Waals surface area contributed by atoms with Crippen molar-refractivity contribution in [3.8, 4) is 5.75 Å². The van der Waals surface area contributed by atoms with Crippen LogP contribution in [0.4, 0.5) is 0 Å². The van der Waals surface area contributed by atoms with Crippen molar-refractivity contribution < 1.29 is 9.84 Å². The van der Waals surface area contributed by atoms with E-state index in [9.17, 15) is 5.11 Å². The predicted molar refractivity (Wildman–Crippen MR) is 65.3 cm³/mol. The zero-order chi connectivity index (χ0) is 12.4. The van der Waals surface area contributed by atoms with Crippen LogP contribution in [0.5, 0.6) is 5.75 Å². The largest absolute Gasteiger partial charge is 0.485 e. The Morgan fingerprint density at radius 1 is 1.12 bits per heavy atom. The molecule has 1 aromatic carbocycles. The maximum atomic E-state index is 9.96. The number of hydrogen-bond acceptors (Lipinski definition) is 3. The summed E-state index contributed by atoms with van der Waals surface area (Å²) in [5.41, 5.74) is 5.03. The highest BCUT2D eigenvalue weighted by Crippen LogP contribution is 2.27. The molecule has 0 aliphatic heterocycles. The Hall–Kier alpha value is -1.06. The van der Waals surface area contributed by atoms with Gasteiger partial charge in [-0.15, -0.1) is 0 Å². The van der Waals surface area contributed by atoms with Crippen LogP contribution in [0.3, 0.4) is 0 Å². The van der Waals surface area contributed by atoms with Crippen LogP contribution in [0, 0.1) is 0 Å². The molecule has 16 heavy (non-hydrogen) atoms. The average Bonchev–Trinajstić information content (AvgIpc) is 2.16. The zero-order valence-corrected chi connectivity index (χ0v) is 10.4. The van der Waals surface area contributed by atoms with Gasteiger partial charge in [0.25, 0.3) is 0 Å². The second-order valence-electron chi connectivity index (χ2n) is 5.02. The van der Waals surface area contributed by atoms with Crippen molar-refractivity contribution in [2.24, 2.45) is 5.73 Å². The summed E-state index contributed by atoms with van der Waals surface area (Å²) >= 11 is 0. The van der Waals surface area contributed by atoms with Gasteiger partial charge in [-0.25, -0.2) is 0 Å². The number of aliphatic hydroxyl groups is 1. The van der Waals surface area contributed by atoms with Crippen molar-refractivity contribution in [2.75, 3.05) is 0 Å². The molecule has 90 valence electrons. The predicted octanol–water partition coefficient (Wildman–Crippen LogP) is 2.07. The van der Waals surface area contributed by atoms with Crippen molar-refractivity contribution in [1.82, 2.24) is 0 Å². The SMILES string of the molecule is CC(C)(O)C(C)(C)Oc1ccc(CN)cc1. The Balaban J connectivity index is 2.80. The van der Waals surface area contributed by atoms with Crippen molar-refractivity contribution in [3.63, 3.8) is 0 Å². The molecule has 0 aliphatic carbocycles. The van der Waals surface area contributed by atoms with E-state index in [4.69, 9.17) is 10.5 Å². The normalized spacial score (nSPS) is 12.6. The van der Waals surface area contributed by atoms with Gasteiger partial charge in [-0.3, -0.25) is 0 Å². The molecule has 3 heteroatoms. The van der Waals surface area contributed by atoms with Crippen LogP contribution in [0.2, 0.25) is 0 Å². The van der Waals surface area contributed by atoms with Crippen LogP contribution in [0.1, 0.15) is 33.3 Å². The smallest absolute Gasteiger partial charge is 0.131 e. The molecule has 0 radical (unpaired) electrons. The summed E-state index contributed by atoms with van der Waals surface area (Å²) in [5, 5.41) is 9.96. The molecular formula is C13H21NO2. The Morgan fingerprint density at radius 3 is 2.00 bits per heavy atom. The quantitative estimate of drug-likeness (QED) is 0.821. The molecule has 0 saturated heterocycles. The van der Waals surface area contributed by atoms with Gasteiger partial charge >= 0.3 is 0 Å². The summed E-state index contributed by atoms with van der Waals surface area (Å²) in [5.74, 6) is 0.740. The van der Waals surface area contributed by atoms with E-state index in [-0.39, 0.29) is 0 Å². The van der Waals surface area contributed by atoms with Gasteiger partial charge in [0.2, 0.25) is 0 Å². The van der Waals surface area contributed by atoms with Crippen molar-refractivity contribution in [3.05, 3.63) is 29.8 Å². The average molecular weight is 223 g/mol. The van der Waals surface area contributed by atoms with Gasteiger partial charge in [0, 0.05) is 6.54 Å². The van der Waals surface area contributed by atoms with Gasteiger partial charge in [-0.1, -0.05) is 12.1 Å². The maximum Gasteiger partial charge on any atom is 0.131 e. The minimum atomic E-state index is -0.903. The standard InChI is InChI=1S/C13H21NO2/c1-12(2,15)13(3,4)16-11-7-5-10(9-14)6-8-11/h5-8,15H,9,14H2,1-4H3. The molecule has 3 nitrogen and oxygen atoms in total. The van der Waals surface area contributed by atoms with Crippen LogP contribution in [0.15, 0.2) is 24.3 Å². The summed E-state index contributed by atoms with van der Waals surface area (Å²) in [6.07, 6.45) is 0. The lowest BCUT2D eigenvalue weighted by atomic mass is 9.89. The highest BCUT2D eigenvalue weighted by molar-refractivity contribution is 5.28. The molecule has 0 aromatic heterocycles. The van der Waals surface area contributed by atoms with E-state index < -0.39 is 11.2 Å². The first-order valence-electron chi connectivity index (χ1n) is 5.47. The molecule has 0 bridgehead atoms. The number of benzene rings is 1. The minimum Gasteiger partial charge on any atom is -0.485 e. The van der Waals surface area contributed by atoms with Crippen molar-refractivity contribution >= 4 is 0 Å². The highest BCUT2D eigenvalue weighted by Gasteiger charge is 2.37. The monoisotopic (exact) mass is 223 g/mol. The summed E-state index contributed by atoms with van der Waals surface area (Å²) in [6.45, 7) is 7.73. The number of ether oxygens (including phenoxy) is 1. The molecule has 0 spiro atoms. The molecule has 0 aliphatic rings. The van der Waals surface area contributed by atoms with Crippen molar-refractivity contribution in [2.45, 2.75) is 45.4 Å². The number of rotatable bonds is 4. The molecule has 3 N–H and O–H groups in total. The summed E-state index contributed by atoms with van der Waals surface area (Å²) in [6, 6.07) is 7.59. The molecule has 0 atom stereocenters. The van der Waals surface area contributed by atoms with Gasteiger partial charge < -0.3 is 15.6 Å². The van der Waals surface area contributed by atoms with Gasteiger partial charge in [-0.05, 0) is 45.4 Å². The Kier molecular flexibility index (Phi) is 3.61. The fourth-order valence-electron chi connectivity index (χ4n) is 1.11. The molecule has 1 aromatic rings. The van der Waals surface area contributed by atoms with E-state index in [0.29, 0.717) is 6.54 Å². The summed E-state index contributed by atoms with van der Waals surface area (Å²) in [4.78, 5) is 0.